The number of carbonyl (C=O) groups is 2. The number of carboxylic acids is 1. The molecule has 0 aliphatic heterocycles. The molecule has 1 amide bonds. The fraction of sp³-hybridized carbons (Fsp3) is 0.267. The third-order valence-electron chi connectivity index (χ3n) is 3.32. The van der Waals surface area contributed by atoms with Crippen LogP contribution in [0.1, 0.15) is 30.3 Å². The van der Waals surface area contributed by atoms with Gasteiger partial charge in [0, 0.05) is 24.7 Å². The molecule has 0 radical (unpaired) electrons. The summed E-state index contributed by atoms with van der Waals surface area (Å²) in [5.41, 5.74) is 0.221. The lowest BCUT2D eigenvalue weighted by Gasteiger charge is -2.11. The molecule has 2 aromatic rings. The van der Waals surface area contributed by atoms with Crippen LogP contribution in [-0.2, 0) is 4.79 Å². The Bertz CT molecular complexity index is 771. The Kier molecular flexibility index (Phi) is 5.25. The van der Waals surface area contributed by atoms with Gasteiger partial charge in [0.15, 0.2) is 5.69 Å². The van der Waals surface area contributed by atoms with Crippen LogP contribution in [0.2, 0.25) is 0 Å². The van der Waals surface area contributed by atoms with Gasteiger partial charge in [-0.1, -0.05) is 12.1 Å². The van der Waals surface area contributed by atoms with Crippen LogP contribution >= 0.6 is 0 Å². The molecule has 0 spiro atoms. The van der Waals surface area contributed by atoms with Crippen molar-refractivity contribution in [2.24, 2.45) is 0 Å². The van der Waals surface area contributed by atoms with E-state index in [1.54, 1.807) is 19.1 Å². The van der Waals surface area contributed by atoms with Crippen LogP contribution in [0.25, 0.3) is 5.69 Å². The maximum atomic E-state index is 12.1. The second kappa shape index (κ2) is 7.36. The van der Waals surface area contributed by atoms with Crippen LogP contribution in [-0.4, -0.2) is 37.7 Å². The summed E-state index contributed by atoms with van der Waals surface area (Å²) in [4.78, 5) is 33.1. The van der Waals surface area contributed by atoms with Crippen molar-refractivity contribution in [3.63, 3.8) is 0 Å². The molecule has 9 heteroatoms. The maximum absolute atomic E-state index is 12.1. The van der Waals surface area contributed by atoms with E-state index in [-0.39, 0.29) is 29.5 Å². The number of nitro groups is 1. The van der Waals surface area contributed by atoms with Crippen molar-refractivity contribution < 1.29 is 19.6 Å². The van der Waals surface area contributed by atoms with Crippen LogP contribution in [0.4, 0.5) is 5.69 Å². The number of rotatable bonds is 7. The molecule has 126 valence electrons. The van der Waals surface area contributed by atoms with Crippen LogP contribution < -0.4 is 5.32 Å². The van der Waals surface area contributed by atoms with Crippen molar-refractivity contribution in [2.75, 3.05) is 0 Å². The van der Waals surface area contributed by atoms with E-state index in [2.05, 4.69) is 10.4 Å². The van der Waals surface area contributed by atoms with Crippen LogP contribution in [0.5, 0.6) is 0 Å². The molecule has 1 aromatic carbocycles. The summed E-state index contributed by atoms with van der Waals surface area (Å²) < 4.78 is 1.26. The molecule has 1 heterocycles. The van der Waals surface area contributed by atoms with Gasteiger partial charge in [0.25, 0.3) is 11.6 Å². The maximum Gasteiger partial charge on any atom is 0.303 e. The molecule has 0 aliphatic carbocycles. The SMILES string of the molecule is CC(CCC(=O)O)NC(=O)c1ccn(-c2ccccc2[N+](=O)[O-])n1. The van der Waals surface area contributed by atoms with E-state index in [9.17, 15) is 19.7 Å². The van der Waals surface area contributed by atoms with E-state index >= 15 is 0 Å². The lowest BCUT2D eigenvalue weighted by atomic mass is 10.2. The van der Waals surface area contributed by atoms with E-state index in [0.717, 1.165) is 0 Å². The normalized spacial score (nSPS) is 11.7. The summed E-state index contributed by atoms with van der Waals surface area (Å²) in [7, 11) is 0. The highest BCUT2D eigenvalue weighted by Crippen LogP contribution is 2.21. The van der Waals surface area contributed by atoms with E-state index < -0.39 is 16.8 Å². The summed E-state index contributed by atoms with van der Waals surface area (Å²) in [6.45, 7) is 1.69. The van der Waals surface area contributed by atoms with Crippen molar-refractivity contribution >= 4 is 17.6 Å². The van der Waals surface area contributed by atoms with Crippen LogP contribution in [0, 0.1) is 10.1 Å². The molecule has 2 rings (SSSR count). The third-order valence-corrected chi connectivity index (χ3v) is 3.32. The minimum Gasteiger partial charge on any atom is -0.481 e. The second-order valence-electron chi connectivity index (χ2n) is 5.20. The monoisotopic (exact) mass is 332 g/mol. The summed E-state index contributed by atoms with van der Waals surface area (Å²) in [6, 6.07) is 7.17. The highest BCUT2D eigenvalue weighted by molar-refractivity contribution is 5.92. The topological polar surface area (TPSA) is 127 Å². The number of carboxylic acid groups (broad SMARTS) is 1. The van der Waals surface area contributed by atoms with E-state index in [1.165, 1.54) is 29.1 Å². The summed E-state index contributed by atoms with van der Waals surface area (Å²) in [5.74, 6) is -1.40. The van der Waals surface area contributed by atoms with Crippen LogP contribution in [0.15, 0.2) is 36.5 Å². The lowest BCUT2D eigenvalue weighted by molar-refractivity contribution is -0.384. The van der Waals surface area contributed by atoms with Gasteiger partial charge in [0.05, 0.1) is 4.92 Å². The van der Waals surface area contributed by atoms with Gasteiger partial charge in [0.2, 0.25) is 0 Å². The minimum absolute atomic E-state index is 0.0495. The summed E-state index contributed by atoms with van der Waals surface area (Å²) >= 11 is 0. The van der Waals surface area contributed by atoms with Crippen molar-refractivity contribution in [2.45, 2.75) is 25.8 Å². The first-order valence-corrected chi connectivity index (χ1v) is 7.20. The number of nitro benzene ring substituents is 1. The number of hydrogen-bond acceptors (Lipinski definition) is 5. The van der Waals surface area contributed by atoms with Crippen molar-refractivity contribution in [1.29, 1.82) is 0 Å². The molecule has 1 aromatic heterocycles. The molecule has 9 nitrogen and oxygen atoms in total. The number of nitrogens with one attached hydrogen (secondary N) is 1. The van der Waals surface area contributed by atoms with Gasteiger partial charge >= 0.3 is 5.97 Å². The van der Waals surface area contributed by atoms with Gasteiger partial charge in [-0.2, -0.15) is 5.10 Å². The Morgan fingerprint density at radius 2 is 2.08 bits per heavy atom. The van der Waals surface area contributed by atoms with Crippen molar-refractivity contribution in [1.82, 2.24) is 15.1 Å². The Morgan fingerprint density at radius 3 is 2.75 bits per heavy atom. The molecule has 0 bridgehead atoms. The standard InChI is InChI=1S/C15H16N4O5/c1-10(6-7-14(20)21)16-15(22)11-8-9-18(17-11)12-4-2-3-5-13(12)19(23)24/h2-5,8-10H,6-7H2,1H3,(H,16,22)(H,20,21). The zero-order valence-electron chi connectivity index (χ0n) is 12.9. The number of hydrogen-bond donors (Lipinski definition) is 2. The number of carbonyl (C=O) groups excluding carboxylic acids is 1. The Morgan fingerprint density at radius 1 is 1.38 bits per heavy atom. The van der Waals surface area contributed by atoms with Gasteiger partial charge < -0.3 is 10.4 Å². The van der Waals surface area contributed by atoms with Gasteiger partial charge in [0.1, 0.15) is 5.69 Å². The molecule has 1 unspecified atom stereocenters. The molecule has 0 saturated carbocycles. The number of aromatic nitrogens is 2. The Labute approximate surface area is 137 Å². The molecule has 0 aliphatic rings. The molecular formula is C15H16N4O5. The minimum atomic E-state index is -0.934. The first-order chi connectivity index (χ1) is 11.4. The third kappa shape index (κ3) is 4.15. The van der Waals surface area contributed by atoms with Crippen molar-refractivity contribution in [3.8, 4) is 5.69 Å². The predicted molar refractivity (Wildman–Crippen MR) is 84.0 cm³/mol. The van der Waals surface area contributed by atoms with E-state index in [4.69, 9.17) is 5.11 Å². The number of amides is 1. The molecule has 2 N–H and O–H groups in total. The highest BCUT2D eigenvalue weighted by Gasteiger charge is 2.18. The first-order valence-electron chi connectivity index (χ1n) is 7.20. The van der Waals surface area contributed by atoms with Crippen molar-refractivity contribution in [3.05, 3.63) is 52.3 Å². The fourth-order valence-electron chi connectivity index (χ4n) is 2.10. The quantitative estimate of drug-likeness (QED) is 0.587. The zero-order valence-corrected chi connectivity index (χ0v) is 12.9. The summed E-state index contributed by atoms with van der Waals surface area (Å²) in [5, 5.41) is 26.4. The van der Waals surface area contributed by atoms with Gasteiger partial charge in [-0.25, -0.2) is 4.68 Å². The molecule has 0 saturated heterocycles. The predicted octanol–water partition coefficient (Wildman–Crippen LogP) is 1.76. The van der Waals surface area contributed by atoms with E-state index in [1.807, 2.05) is 0 Å². The second-order valence-corrected chi connectivity index (χ2v) is 5.20. The average Bonchev–Trinajstić information content (AvgIpc) is 3.02. The first kappa shape index (κ1) is 17.1. The zero-order chi connectivity index (χ0) is 17.7. The van der Waals surface area contributed by atoms with Gasteiger partial charge in [-0.05, 0) is 25.5 Å². The number of aliphatic carboxylic acids is 1. The molecule has 24 heavy (non-hydrogen) atoms. The largest absolute Gasteiger partial charge is 0.481 e. The summed E-state index contributed by atoms with van der Waals surface area (Å²) in [6.07, 6.45) is 1.71. The molecular weight excluding hydrogens is 316 g/mol. The Hall–Kier alpha value is -3.23. The smallest absolute Gasteiger partial charge is 0.303 e. The van der Waals surface area contributed by atoms with Crippen LogP contribution in [0.3, 0.4) is 0 Å². The Balaban J connectivity index is 2.12. The number of benzene rings is 1. The van der Waals surface area contributed by atoms with Gasteiger partial charge in [-0.15, -0.1) is 0 Å². The average molecular weight is 332 g/mol. The lowest BCUT2D eigenvalue weighted by Crippen LogP contribution is -2.33. The highest BCUT2D eigenvalue weighted by atomic mass is 16.6. The van der Waals surface area contributed by atoms with Gasteiger partial charge in [-0.3, -0.25) is 19.7 Å². The molecule has 0 fully saturated rings. The molecule has 1 atom stereocenters. The number of nitrogens with zero attached hydrogens (tertiary/aromatic N) is 3. The van der Waals surface area contributed by atoms with E-state index in [0.29, 0.717) is 6.42 Å². The fourth-order valence-corrected chi connectivity index (χ4v) is 2.10. The number of para-hydroxylation sites is 2.